The molecule has 5 unspecified atom stereocenters. The Morgan fingerprint density at radius 3 is 2.79 bits per heavy atom. The average Bonchev–Trinajstić information content (AvgIpc) is 2.96. The Hall–Kier alpha value is -1.39. The van der Waals surface area contributed by atoms with E-state index in [-0.39, 0.29) is 29.8 Å². The molecule has 3 rings (SSSR count). The van der Waals surface area contributed by atoms with Crippen LogP contribution in [0.2, 0.25) is 0 Å². The maximum Gasteiger partial charge on any atom is 0.331 e. The fourth-order valence-corrected chi connectivity index (χ4v) is 5.20. The van der Waals surface area contributed by atoms with Crippen LogP contribution in [-0.2, 0) is 9.53 Å². The smallest absolute Gasteiger partial charge is 0.331 e. The van der Waals surface area contributed by atoms with E-state index in [9.17, 15) is 15.0 Å². The maximum atomic E-state index is 11.2. The van der Waals surface area contributed by atoms with E-state index in [1.54, 1.807) is 0 Å². The molecule has 0 radical (unpaired) electrons. The molecule has 2 fully saturated rings. The highest BCUT2D eigenvalue weighted by molar-refractivity contribution is 5.85. The first kappa shape index (κ1) is 17.4. The Morgan fingerprint density at radius 2 is 2.17 bits per heavy atom. The molecular weight excluding hydrogens is 304 g/mol. The van der Waals surface area contributed by atoms with E-state index in [0.29, 0.717) is 13.0 Å². The number of carbonyl (C=O) groups excluding carboxylic acids is 1. The van der Waals surface area contributed by atoms with Gasteiger partial charge in [0.15, 0.2) is 0 Å². The van der Waals surface area contributed by atoms with E-state index in [0.717, 1.165) is 24.8 Å². The van der Waals surface area contributed by atoms with Crippen molar-refractivity contribution in [3.63, 3.8) is 0 Å². The van der Waals surface area contributed by atoms with Gasteiger partial charge in [-0.2, -0.15) is 0 Å². The predicted molar refractivity (Wildman–Crippen MR) is 92.1 cm³/mol. The van der Waals surface area contributed by atoms with Gasteiger partial charge in [-0.25, -0.2) is 4.79 Å². The van der Waals surface area contributed by atoms with Gasteiger partial charge in [-0.3, -0.25) is 0 Å². The topological polar surface area (TPSA) is 66.8 Å². The summed E-state index contributed by atoms with van der Waals surface area (Å²) in [5, 5.41) is 20.5. The highest BCUT2D eigenvalue weighted by atomic mass is 16.5. The van der Waals surface area contributed by atoms with Crippen LogP contribution in [-0.4, -0.2) is 35.5 Å². The lowest BCUT2D eigenvalue weighted by Gasteiger charge is -2.59. The molecule has 5 atom stereocenters. The fourth-order valence-electron chi connectivity index (χ4n) is 5.20. The first-order chi connectivity index (χ1) is 11.3. The monoisotopic (exact) mass is 332 g/mol. The number of cyclic esters (lactones) is 1. The minimum Gasteiger partial charge on any atom is -0.458 e. The molecule has 0 spiro atoms. The Morgan fingerprint density at radius 1 is 1.42 bits per heavy atom. The highest BCUT2D eigenvalue weighted by Crippen LogP contribution is 2.61. The van der Waals surface area contributed by atoms with Crippen LogP contribution in [0.5, 0.6) is 0 Å². The summed E-state index contributed by atoms with van der Waals surface area (Å²) in [6.45, 7) is 8.91. The Labute approximate surface area is 143 Å². The van der Waals surface area contributed by atoms with Crippen molar-refractivity contribution in [1.82, 2.24) is 0 Å². The number of allylic oxidation sites excluding steroid dienone is 2. The summed E-state index contributed by atoms with van der Waals surface area (Å²) in [7, 11) is 0. The third-order valence-electron chi connectivity index (χ3n) is 6.74. The molecule has 2 N–H and O–H groups in total. The average molecular weight is 332 g/mol. The molecule has 3 aliphatic rings. The maximum absolute atomic E-state index is 11.2. The standard InChI is InChI=1S/C20H28O4/c1-13-4-7-16-19(2,9-8-17(22)20(16,3)12-21)15(13)6-5-14-10-18(23)24-11-14/h5-6,10,15-17,21-22H,1,4,7-9,11-12H2,2-3H3. The number of aliphatic hydroxyl groups excluding tert-OH is 2. The summed E-state index contributed by atoms with van der Waals surface area (Å²) in [5.74, 6) is 0.149. The lowest BCUT2D eigenvalue weighted by Crippen LogP contribution is -2.57. The molecule has 0 amide bonds. The number of hydrogen-bond acceptors (Lipinski definition) is 4. The number of ether oxygens (including phenoxy) is 1. The van der Waals surface area contributed by atoms with Gasteiger partial charge in [0.1, 0.15) is 6.61 Å². The van der Waals surface area contributed by atoms with Gasteiger partial charge < -0.3 is 14.9 Å². The molecule has 1 aliphatic heterocycles. The Bertz CT molecular complexity index is 605. The van der Waals surface area contributed by atoms with Crippen LogP contribution in [0.3, 0.4) is 0 Å². The molecule has 2 saturated carbocycles. The van der Waals surface area contributed by atoms with E-state index < -0.39 is 11.5 Å². The van der Waals surface area contributed by atoms with Crippen molar-refractivity contribution in [3.8, 4) is 0 Å². The minimum absolute atomic E-state index is 0.00479. The first-order valence-corrected chi connectivity index (χ1v) is 8.83. The van der Waals surface area contributed by atoms with Crippen LogP contribution in [0, 0.1) is 22.7 Å². The van der Waals surface area contributed by atoms with Crippen molar-refractivity contribution in [2.45, 2.75) is 45.6 Å². The summed E-state index contributed by atoms with van der Waals surface area (Å²) < 4.78 is 4.96. The molecule has 0 saturated heterocycles. The predicted octanol–water partition coefficient (Wildman–Crippen LogP) is 2.77. The van der Waals surface area contributed by atoms with Gasteiger partial charge in [-0.1, -0.05) is 38.2 Å². The summed E-state index contributed by atoms with van der Waals surface area (Å²) in [6.07, 6.45) is 8.69. The molecule has 4 heteroatoms. The van der Waals surface area contributed by atoms with Gasteiger partial charge in [0.2, 0.25) is 0 Å². The van der Waals surface area contributed by atoms with Gasteiger partial charge in [-0.05, 0) is 42.6 Å². The number of carbonyl (C=O) groups is 1. The molecular formula is C20H28O4. The molecule has 4 nitrogen and oxygen atoms in total. The molecule has 0 aromatic rings. The van der Waals surface area contributed by atoms with Crippen molar-refractivity contribution in [2.24, 2.45) is 22.7 Å². The Balaban J connectivity index is 1.91. The lowest BCUT2D eigenvalue weighted by molar-refractivity contribution is -0.145. The third-order valence-corrected chi connectivity index (χ3v) is 6.74. The number of aliphatic hydroxyl groups is 2. The third kappa shape index (κ3) is 2.66. The molecule has 0 bridgehead atoms. The van der Waals surface area contributed by atoms with Gasteiger partial charge in [0, 0.05) is 17.4 Å². The zero-order chi connectivity index (χ0) is 17.5. The molecule has 0 aromatic heterocycles. The van der Waals surface area contributed by atoms with Crippen LogP contribution in [0.4, 0.5) is 0 Å². The van der Waals surface area contributed by atoms with Gasteiger partial charge in [0.25, 0.3) is 0 Å². The Kier molecular flexibility index (Phi) is 4.47. The fraction of sp³-hybridized carbons (Fsp3) is 0.650. The zero-order valence-electron chi connectivity index (χ0n) is 14.6. The summed E-state index contributed by atoms with van der Waals surface area (Å²) in [6, 6.07) is 0. The van der Waals surface area contributed by atoms with Crippen molar-refractivity contribution in [1.29, 1.82) is 0 Å². The normalized spacial score (nSPS) is 42.8. The van der Waals surface area contributed by atoms with E-state index in [1.165, 1.54) is 11.6 Å². The van der Waals surface area contributed by atoms with E-state index in [1.807, 2.05) is 13.0 Å². The number of esters is 1. The summed E-state index contributed by atoms with van der Waals surface area (Å²) in [4.78, 5) is 11.2. The van der Waals surface area contributed by atoms with E-state index in [4.69, 9.17) is 4.74 Å². The summed E-state index contributed by atoms with van der Waals surface area (Å²) in [5.41, 5.74) is 1.59. The summed E-state index contributed by atoms with van der Waals surface area (Å²) >= 11 is 0. The van der Waals surface area contributed by atoms with Gasteiger partial charge >= 0.3 is 5.97 Å². The van der Waals surface area contributed by atoms with Crippen molar-refractivity contribution in [3.05, 3.63) is 36.0 Å². The van der Waals surface area contributed by atoms with Crippen LogP contribution in [0.25, 0.3) is 0 Å². The second kappa shape index (κ2) is 6.16. The van der Waals surface area contributed by atoms with Crippen LogP contribution >= 0.6 is 0 Å². The van der Waals surface area contributed by atoms with Crippen LogP contribution in [0.15, 0.2) is 36.0 Å². The minimum atomic E-state index is -0.467. The lowest BCUT2D eigenvalue weighted by atomic mass is 9.46. The van der Waals surface area contributed by atoms with Crippen molar-refractivity contribution >= 4 is 5.97 Å². The second-order valence-electron chi connectivity index (χ2n) is 8.14. The van der Waals surface area contributed by atoms with Crippen LogP contribution in [0.1, 0.15) is 39.5 Å². The molecule has 24 heavy (non-hydrogen) atoms. The molecule has 2 aliphatic carbocycles. The second-order valence-corrected chi connectivity index (χ2v) is 8.14. The molecule has 1 heterocycles. The molecule has 0 aromatic carbocycles. The van der Waals surface area contributed by atoms with Crippen LogP contribution < -0.4 is 0 Å². The van der Waals surface area contributed by atoms with E-state index >= 15 is 0 Å². The largest absolute Gasteiger partial charge is 0.458 e. The number of fused-ring (bicyclic) bond motifs is 1. The first-order valence-electron chi connectivity index (χ1n) is 8.83. The highest BCUT2D eigenvalue weighted by Gasteiger charge is 2.57. The number of rotatable bonds is 3. The zero-order valence-corrected chi connectivity index (χ0v) is 14.6. The van der Waals surface area contributed by atoms with Crippen molar-refractivity contribution in [2.75, 3.05) is 13.2 Å². The SMILES string of the molecule is C=C1CCC2C(C)(CO)C(O)CCC2(C)C1C=CC1=CC(=O)OC1. The van der Waals surface area contributed by atoms with Gasteiger partial charge in [-0.15, -0.1) is 0 Å². The quantitative estimate of drug-likeness (QED) is 0.616. The van der Waals surface area contributed by atoms with Crippen molar-refractivity contribution < 1.29 is 19.7 Å². The number of hydrogen-bond donors (Lipinski definition) is 2. The van der Waals surface area contributed by atoms with Gasteiger partial charge in [0.05, 0.1) is 12.7 Å². The molecule has 132 valence electrons. The van der Waals surface area contributed by atoms with E-state index in [2.05, 4.69) is 19.6 Å².